The average Bonchev–Trinajstić information content (AvgIpc) is 1.67. The van der Waals surface area contributed by atoms with Gasteiger partial charge in [0, 0.05) is 24.7 Å². The fraction of sp³-hybridized carbons (Fsp3) is 0.829. The van der Waals surface area contributed by atoms with Crippen LogP contribution in [0.15, 0.2) is 36.4 Å². The minimum absolute atomic E-state index is 0.227. The molecular weight excluding hydrogens is 1340 g/mol. The van der Waals surface area contributed by atoms with Crippen molar-refractivity contribution in [1.82, 2.24) is 0 Å². The van der Waals surface area contributed by atoms with Crippen LogP contribution in [0.1, 0.15) is 229 Å². The highest BCUT2D eigenvalue weighted by molar-refractivity contribution is 8.76. The Hall–Kier alpha value is -2.68. The van der Waals surface area contributed by atoms with Gasteiger partial charge in [-0.3, -0.25) is 0 Å². The van der Waals surface area contributed by atoms with Crippen LogP contribution in [0.5, 0.6) is 11.5 Å². The van der Waals surface area contributed by atoms with E-state index in [1.807, 2.05) is 27.7 Å². The molecule has 4 saturated carbocycles. The largest absolute Gasteiger partial charge is 0.494 e. The van der Waals surface area contributed by atoms with Gasteiger partial charge in [-0.25, -0.2) is 0 Å². The SMILES string of the molecule is CCCCCCCSSCCCCCCCCOc1ccc2c(c1)CCC1C2CCC2(C)C(OCCCOC(C(F)(F)F)(C(F)(F)F)C(F)(F)F)CCC12.CCCCCOc1ccc2c(c1)CCC1C2CCC2(C)C(OCCCOC(C(F)(F)F)(C(F)(F)F)C(F)(F)F)CCC12. The second-order valence-electron chi connectivity index (χ2n) is 27.9. The van der Waals surface area contributed by atoms with E-state index in [1.54, 1.807) is 0 Å². The molecule has 2 aromatic carbocycles. The summed E-state index contributed by atoms with van der Waals surface area (Å²) in [6, 6.07) is 12.8. The summed E-state index contributed by atoms with van der Waals surface area (Å²) < 4.78 is 267. The number of hydrogen-bond donors (Lipinski definition) is 0. The van der Waals surface area contributed by atoms with Gasteiger partial charge in [-0.05, 0) is 208 Å². The summed E-state index contributed by atoms with van der Waals surface area (Å²) in [4.78, 5) is 0. The van der Waals surface area contributed by atoms with Gasteiger partial charge in [0.1, 0.15) is 11.5 Å². The van der Waals surface area contributed by atoms with Crippen molar-refractivity contribution in [1.29, 1.82) is 0 Å². The second-order valence-corrected chi connectivity index (χ2v) is 30.6. The van der Waals surface area contributed by atoms with Crippen LogP contribution in [-0.2, 0) is 31.8 Å². The quantitative estimate of drug-likeness (QED) is 0.0390. The molecule has 0 amide bonds. The number of ether oxygens (including phenoxy) is 6. The summed E-state index contributed by atoms with van der Waals surface area (Å²) in [5.41, 5.74) is -7.61. The van der Waals surface area contributed by atoms with Crippen LogP contribution >= 0.6 is 21.6 Å². The maximum absolute atomic E-state index is 13.2. The number of benzene rings is 2. The number of hydrogen-bond acceptors (Lipinski definition) is 8. The molecule has 0 spiro atoms. The van der Waals surface area contributed by atoms with Gasteiger partial charge in [0.15, 0.2) is 0 Å². The molecular formula is C70H98F18O6S2. The zero-order valence-electron chi connectivity index (χ0n) is 55.6. The van der Waals surface area contributed by atoms with E-state index < -0.39 is 74.3 Å². The first kappa shape index (κ1) is 80.6. The van der Waals surface area contributed by atoms with Gasteiger partial charge in [-0.15, -0.1) is 0 Å². The topological polar surface area (TPSA) is 55.4 Å². The third kappa shape index (κ3) is 18.8. The molecule has 0 heterocycles. The maximum Gasteiger partial charge on any atom is 0.435 e. The second kappa shape index (κ2) is 34.5. The van der Waals surface area contributed by atoms with Crippen molar-refractivity contribution in [3.8, 4) is 11.5 Å². The van der Waals surface area contributed by atoms with E-state index in [0.29, 0.717) is 61.6 Å². The molecule has 96 heavy (non-hydrogen) atoms. The summed E-state index contributed by atoms with van der Waals surface area (Å²) in [7, 11) is 4.06. The molecule has 4 fully saturated rings. The summed E-state index contributed by atoms with van der Waals surface area (Å²) in [5, 5.41) is 0. The summed E-state index contributed by atoms with van der Waals surface area (Å²) in [6.07, 6.45) is -14.2. The van der Waals surface area contributed by atoms with Crippen molar-refractivity contribution in [2.45, 2.75) is 280 Å². The Kier molecular flexibility index (Phi) is 29.0. The van der Waals surface area contributed by atoms with Crippen LogP contribution in [0, 0.1) is 34.5 Å². The van der Waals surface area contributed by atoms with E-state index in [0.717, 1.165) is 101 Å². The minimum Gasteiger partial charge on any atom is -0.494 e. The third-order valence-corrected chi connectivity index (χ3v) is 24.4. The minimum atomic E-state index is -6.73. The molecule has 6 aliphatic rings. The van der Waals surface area contributed by atoms with E-state index in [9.17, 15) is 79.0 Å². The predicted molar refractivity (Wildman–Crippen MR) is 336 cm³/mol. The van der Waals surface area contributed by atoms with Gasteiger partial charge in [0.05, 0.1) is 38.6 Å². The van der Waals surface area contributed by atoms with Crippen molar-refractivity contribution < 1.29 is 107 Å². The number of aryl methyl sites for hydroxylation is 2. The fourth-order valence-corrected chi connectivity index (χ4v) is 19.1. The van der Waals surface area contributed by atoms with Crippen molar-refractivity contribution >= 4 is 21.6 Å². The molecule has 552 valence electrons. The zero-order chi connectivity index (χ0) is 70.4. The highest BCUT2D eigenvalue weighted by atomic mass is 33.1. The molecule has 0 aromatic heterocycles. The van der Waals surface area contributed by atoms with E-state index in [4.69, 9.17) is 18.9 Å². The van der Waals surface area contributed by atoms with Crippen LogP contribution < -0.4 is 9.47 Å². The van der Waals surface area contributed by atoms with Crippen LogP contribution in [-0.4, -0.2) is 112 Å². The third-order valence-electron chi connectivity index (χ3n) is 21.8. The van der Waals surface area contributed by atoms with Crippen LogP contribution in [0.2, 0.25) is 0 Å². The Balaban J connectivity index is 0.000000279. The fourth-order valence-electron chi connectivity index (χ4n) is 16.8. The Morgan fingerprint density at radius 3 is 1.10 bits per heavy atom. The lowest BCUT2D eigenvalue weighted by molar-refractivity contribution is -0.458. The predicted octanol–water partition coefficient (Wildman–Crippen LogP) is 23.2. The van der Waals surface area contributed by atoms with Gasteiger partial charge >= 0.3 is 48.3 Å². The van der Waals surface area contributed by atoms with Gasteiger partial charge in [-0.2, -0.15) is 79.0 Å². The summed E-state index contributed by atoms with van der Waals surface area (Å²) >= 11 is 0. The number of unbranched alkanes of at least 4 members (excludes halogenated alkanes) is 11. The highest BCUT2D eigenvalue weighted by Gasteiger charge is 2.86. The monoisotopic (exact) mass is 1440 g/mol. The molecule has 10 unspecified atom stereocenters. The van der Waals surface area contributed by atoms with Crippen LogP contribution in [0.3, 0.4) is 0 Å². The van der Waals surface area contributed by atoms with E-state index in [2.05, 4.69) is 67.5 Å². The van der Waals surface area contributed by atoms with Crippen molar-refractivity contribution in [2.24, 2.45) is 34.5 Å². The molecule has 0 aliphatic heterocycles. The number of halogens is 18. The Labute approximate surface area is 562 Å². The Bertz CT molecular complexity index is 2590. The highest BCUT2D eigenvalue weighted by Crippen LogP contribution is 2.64. The van der Waals surface area contributed by atoms with Crippen molar-refractivity contribution in [3.05, 3.63) is 58.7 Å². The first-order valence-corrected chi connectivity index (χ1v) is 37.3. The van der Waals surface area contributed by atoms with Gasteiger partial charge in [0.25, 0.3) is 0 Å². The lowest BCUT2D eigenvalue weighted by atomic mass is 9.55. The summed E-state index contributed by atoms with van der Waals surface area (Å²) in [5.74, 6) is 6.61. The maximum atomic E-state index is 13.2. The van der Waals surface area contributed by atoms with Crippen molar-refractivity contribution in [2.75, 3.05) is 51.1 Å². The Morgan fingerprint density at radius 2 is 0.729 bits per heavy atom. The molecule has 6 aliphatic carbocycles. The Morgan fingerprint density at radius 1 is 0.385 bits per heavy atom. The lowest BCUT2D eigenvalue weighted by Crippen LogP contribution is -2.67. The van der Waals surface area contributed by atoms with E-state index >= 15 is 0 Å². The van der Waals surface area contributed by atoms with Gasteiger partial charge < -0.3 is 28.4 Å². The normalized spacial score (nSPS) is 26.2. The molecule has 26 heteroatoms. The first-order valence-electron chi connectivity index (χ1n) is 34.8. The molecule has 0 N–H and O–H groups in total. The van der Waals surface area contributed by atoms with Gasteiger partial charge in [-0.1, -0.05) is 126 Å². The van der Waals surface area contributed by atoms with Crippen LogP contribution in [0.4, 0.5) is 79.0 Å². The molecule has 8 rings (SSSR count). The lowest BCUT2D eigenvalue weighted by Gasteiger charge is -2.50. The van der Waals surface area contributed by atoms with E-state index in [-0.39, 0.29) is 36.3 Å². The standard InChI is InChI=1S/C40H59F9O3S2.C30H39F9O3/c1-3-4-5-9-12-26-53-54-27-13-10-7-6-8-11-23-50-30-16-18-31-29(28-30)15-17-33-32(31)21-22-36(2)34(33)19-20-35(36)51-24-14-25-52-37(38(41,42)43,39(44,45)46)40(47,48)49;1-3-4-5-15-40-20-8-10-21-19(18-20)7-9-23-22(21)13-14-26(2)24(23)11-12-25(26)41-16-6-17-42-27(28(31,32)33,29(34,35)36)30(37,38)39/h16,18,28,32-35H,3-15,17,19-27H2,1-2H3;8,10,18,22-25H,3-7,9,11-17H2,1-2H3. The number of fused-ring (bicyclic) bond motifs is 10. The number of rotatable bonds is 34. The van der Waals surface area contributed by atoms with Crippen LogP contribution in [0.25, 0.3) is 0 Å². The smallest absolute Gasteiger partial charge is 0.435 e. The first-order chi connectivity index (χ1) is 45.1. The van der Waals surface area contributed by atoms with E-state index in [1.165, 1.54) is 98.0 Å². The average molecular weight is 1440 g/mol. The molecule has 0 radical (unpaired) electrons. The van der Waals surface area contributed by atoms with Crippen molar-refractivity contribution in [3.63, 3.8) is 0 Å². The molecule has 0 bridgehead atoms. The molecule has 0 saturated heterocycles. The van der Waals surface area contributed by atoms with Gasteiger partial charge in [0.2, 0.25) is 0 Å². The molecule has 6 nitrogen and oxygen atoms in total. The summed E-state index contributed by atoms with van der Waals surface area (Å²) in [6.45, 7) is 6.64. The number of alkyl halides is 18. The molecule has 2 aromatic rings. The zero-order valence-corrected chi connectivity index (χ0v) is 57.2. The molecule has 10 atom stereocenters.